The fourth-order valence-electron chi connectivity index (χ4n) is 4.19. The lowest BCUT2D eigenvalue weighted by Crippen LogP contribution is -2.28. The molecule has 1 aliphatic rings. The molecule has 4 aromatic rings. The molecule has 0 bridgehead atoms. The van der Waals surface area contributed by atoms with Crippen molar-refractivity contribution in [2.24, 2.45) is 0 Å². The number of halogens is 2. The van der Waals surface area contributed by atoms with Crippen LogP contribution < -0.4 is 10.2 Å². The zero-order chi connectivity index (χ0) is 22.1. The number of imidazole rings is 1. The molecule has 0 radical (unpaired) electrons. The van der Waals surface area contributed by atoms with Crippen molar-refractivity contribution in [3.05, 3.63) is 89.8 Å². The molecule has 1 fully saturated rings. The highest BCUT2D eigenvalue weighted by molar-refractivity contribution is 5.87. The molecule has 1 atom stereocenters. The summed E-state index contributed by atoms with van der Waals surface area (Å²) in [7, 11) is 0. The minimum absolute atomic E-state index is 0.318. The Labute approximate surface area is 183 Å². The molecule has 2 aromatic heterocycles. The maximum atomic E-state index is 14.4. The molecule has 0 saturated carbocycles. The summed E-state index contributed by atoms with van der Waals surface area (Å²) in [5.74, 6) is -0.305. The van der Waals surface area contributed by atoms with Crippen molar-refractivity contribution in [1.29, 1.82) is 0 Å². The van der Waals surface area contributed by atoms with E-state index in [9.17, 15) is 13.6 Å². The van der Waals surface area contributed by atoms with Gasteiger partial charge in [-0.15, -0.1) is 0 Å². The molecular formula is C24H21F2N5O. The topological polar surface area (TPSA) is 63.1 Å². The average molecular weight is 433 g/mol. The van der Waals surface area contributed by atoms with Crippen LogP contribution in [-0.2, 0) is 6.54 Å². The van der Waals surface area contributed by atoms with Crippen LogP contribution in [0.3, 0.4) is 0 Å². The first kappa shape index (κ1) is 20.1. The molecule has 6 nitrogen and oxygen atoms in total. The van der Waals surface area contributed by atoms with Crippen molar-refractivity contribution < 1.29 is 13.6 Å². The lowest BCUT2D eigenvalue weighted by Gasteiger charge is -2.26. The van der Waals surface area contributed by atoms with E-state index in [0.29, 0.717) is 42.1 Å². The summed E-state index contributed by atoms with van der Waals surface area (Å²) in [4.78, 5) is 23.7. The van der Waals surface area contributed by atoms with Gasteiger partial charge >= 0.3 is 6.03 Å². The minimum Gasteiger partial charge on any atom is -0.349 e. The van der Waals surface area contributed by atoms with E-state index >= 15 is 0 Å². The second-order valence-corrected chi connectivity index (χ2v) is 7.79. The number of rotatable bonds is 4. The fourth-order valence-corrected chi connectivity index (χ4v) is 4.19. The monoisotopic (exact) mass is 433 g/mol. The minimum atomic E-state index is -0.468. The third kappa shape index (κ3) is 3.79. The van der Waals surface area contributed by atoms with Crippen molar-refractivity contribution in [1.82, 2.24) is 19.9 Å². The van der Waals surface area contributed by atoms with Gasteiger partial charge in [0, 0.05) is 18.7 Å². The Hall–Kier alpha value is -3.81. The summed E-state index contributed by atoms with van der Waals surface area (Å²) in [6, 6.07) is 16.1. The van der Waals surface area contributed by atoms with Gasteiger partial charge in [0.05, 0.1) is 6.04 Å². The number of amides is 1. The van der Waals surface area contributed by atoms with Gasteiger partial charge in [0.25, 0.3) is 0 Å². The standard InChI is InChI=1S/C24H21F2N5O/c25-17-8-9-19(26)18(13-17)21-7-4-12-30(21)22-11-10-20-23(29-22)31(15-28-20)24(32)27-14-16-5-2-1-3-6-16/h1-3,5-6,8-11,13,15,21H,4,7,12,14H2,(H,27,32)/t21-/m1/s1. The Kier molecular flexibility index (Phi) is 5.26. The summed E-state index contributed by atoms with van der Waals surface area (Å²) in [6.45, 7) is 1.04. The van der Waals surface area contributed by atoms with E-state index in [4.69, 9.17) is 0 Å². The van der Waals surface area contributed by atoms with E-state index in [0.717, 1.165) is 24.1 Å². The molecule has 0 spiro atoms. The van der Waals surface area contributed by atoms with E-state index in [2.05, 4.69) is 15.3 Å². The first-order chi connectivity index (χ1) is 15.6. The summed E-state index contributed by atoms with van der Waals surface area (Å²) in [6.07, 6.45) is 2.96. The van der Waals surface area contributed by atoms with Gasteiger partial charge in [0.15, 0.2) is 5.65 Å². The van der Waals surface area contributed by atoms with Gasteiger partial charge in [-0.2, -0.15) is 0 Å². The predicted octanol–water partition coefficient (Wildman–Crippen LogP) is 4.81. The van der Waals surface area contributed by atoms with E-state index in [-0.39, 0.29) is 12.1 Å². The maximum absolute atomic E-state index is 14.4. The van der Waals surface area contributed by atoms with E-state index < -0.39 is 11.6 Å². The highest BCUT2D eigenvalue weighted by Gasteiger charge is 2.30. The molecule has 1 aliphatic heterocycles. The number of nitrogens with zero attached hydrogens (tertiary/aromatic N) is 4. The number of hydrogen-bond donors (Lipinski definition) is 1. The maximum Gasteiger partial charge on any atom is 0.328 e. The highest BCUT2D eigenvalue weighted by Crippen LogP contribution is 2.37. The van der Waals surface area contributed by atoms with Crippen molar-refractivity contribution in [2.45, 2.75) is 25.4 Å². The zero-order valence-electron chi connectivity index (χ0n) is 17.2. The first-order valence-corrected chi connectivity index (χ1v) is 10.5. The summed E-state index contributed by atoms with van der Waals surface area (Å²) >= 11 is 0. The van der Waals surface area contributed by atoms with E-state index in [1.54, 1.807) is 12.1 Å². The van der Waals surface area contributed by atoms with Crippen LogP contribution in [0, 0.1) is 11.6 Å². The van der Waals surface area contributed by atoms with E-state index in [1.165, 1.54) is 17.0 Å². The van der Waals surface area contributed by atoms with Gasteiger partial charge in [0.2, 0.25) is 0 Å². The molecule has 2 aromatic carbocycles. The number of fused-ring (bicyclic) bond motifs is 1. The van der Waals surface area contributed by atoms with Crippen LogP contribution in [-0.4, -0.2) is 27.1 Å². The number of hydrogen-bond acceptors (Lipinski definition) is 4. The smallest absolute Gasteiger partial charge is 0.328 e. The second kappa shape index (κ2) is 8.37. The van der Waals surface area contributed by atoms with Crippen molar-refractivity contribution in [2.75, 3.05) is 11.4 Å². The van der Waals surface area contributed by atoms with Crippen LogP contribution in [0.2, 0.25) is 0 Å². The van der Waals surface area contributed by atoms with Crippen LogP contribution in [0.25, 0.3) is 11.2 Å². The lowest BCUT2D eigenvalue weighted by molar-refractivity contribution is 0.242. The number of anilines is 1. The van der Waals surface area contributed by atoms with Gasteiger partial charge in [-0.05, 0) is 48.7 Å². The summed E-state index contributed by atoms with van der Waals surface area (Å²) in [5.41, 5.74) is 2.30. The molecule has 162 valence electrons. The Morgan fingerprint density at radius 3 is 2.78 bits per heavy atom. The first-order valence-electron chi connectivity index (χ1n) is 10.5. The number of carbonyl (C=O) groups is 1. The largest absolute Gasteiger partial charge is 0.349 e. The van der Waals surface area contributed by atoms with Crippen molar-refractivity contribution >= 4 is 23.0 Å². The SMILES string of the molecule is O=C(NCc1ccccc1)n1cnc2ccc(N3CCC[C@@H]3c3cc(F)ccc3F)nc21. The number of nitrogens with one attached hydrogen (secondary N) is 1. The van der Waals surface area contributed by atoms with Crippen LogP contribution in [0.4, 0.5) is 19.4 Å². The molecule has 8 heteroatoms. The normalized spacial score (nSPS) is 15.9. The molecule has 0 aliphatic carbocycles. The number of benzene rings is 2. The Morgan fingerprint density at radius 1 is 1.09 bits per heavy atom. The predicted molar refractivity (Wildman–Crippen MR) is 117 cm³/mol. The molecule has 1 amide bonds. The quantitative estimate of drug-likeness (QED) is 0.502. The van der Waals surface area contributed by atoms with Crippen LogP contribution in [0.15, 0.2) is 67.0 Å². The Bertz CT molecular complexity index is 1270. The second-order valence-electron chi connectivity index (χ2n) is 7.79. The molecule has 3 heterocycles. The molecule has 0 unspecified atom stereocenters. The van der Waals surface area contributed by atoms with Crippen molar-refractivity contribution in [3.63, 3.8) is 0 Å². The fraction of sp³-hybridized carbons (Fsp3) is 0.208. The molecule has 32 heavy (non-hydrogen) atoms. The number of carbonyl (C=O) groups excluding carboxylic acids is 1. The molecule has 1 N–H and O–H groups in total. The lowest BCUT2D eigenvalue weighted by atomic mass is 10.0. The molecule has 1 saturated heterocycles. The van der Waals surface area contributed by atoms with Crippen LogP contribution in [0.5, 0.6) is 0 Å². The van der Waals surface area contributed by atoms with Gasteiger partial charge in [-0.3, -0.25) is 0 Å². The third-order valence-electron chi connectivity index (χ3n) is 5.75. The highest BCUT2D eigenvalue weighted by atomic mass is 19.1. The van der Waals surface area contributed by atoms with Gasteiger partial charge < -0.3 is 10.2 Å². The van der Waals surface area contributed by atoms with Crippen LogP contribution >= 0.6 is 0 Å². The number of aromatic nitrogens is 3. The van der Waals surface area contributed by atoms with Gasteiger partial charge in [-0.25, -0.2) is 28.1 Å². The van der Waals surface area contributed by atoms with Crippen molar-refractivity contribution in [3.8, 4) is 0 Å². The molecule has 5 rings (SSSR count). The average Bonchev–Trinajstić information content (AvgIpc) is 3.46. The number of pyridine rings is 1. The molecular weight excluding hydrogens is 412 g/mol. The van der Waals surface area contributed by atoms with E-state index in [1.807, 2.05) is 35.2 Å². The van der Waals surface area contributed by atoms with Gasteiger partial charge in [0.1, 0.15) is 29.3 Å². The summed E-state index contributed by atoms with van der Waals surface area (Å²) < 4.78 is 29.6. The van der Waals surface area contributed by atoms with Crippen LogP contribution in [0.1, 0.15) is 30.0 Å². The third-order valence-corrected chi connectivity index (χ3v) is 5.75. The zero-order valence-corrected chi connectivity index (χ0v) is 17.2. The van der Waals surface area contributed by atoms with Gasteiger partial charge in [-0.1, -0.05) is 30.3 Å². The summed E-state index contributed by atoms with van der Waals surface area (Å²) in [5, 5.41) is 2.87. The Morgan fingerprint density at radius 2 is 1.94 bits per heavy atom. The Balaban J connectivity index is 1.43.